The van der Waals surface area contributed by atoms with E-state index in [1.165, 1.54) is 14.0 Å². The molecule has 9 nitrogen and oxygen atoms in total. The van der Waals surface area contributed by atoms with Gasteiger partial charge in [-0.2, -0.15) is 0 Å². The fourth-order valence-corrected chi connectivity index (χ4v) is 5.00. The van der Waals surface area contributed by atoms with Gasteiger partial charge >= 0.3 is 10.8 Å². The molecule has 0 aliphatic carbocycles. The van der Waals surface area contributed by atoms with Gasteiger partial charge in [-0.15, -0.1) is 0 Å². The van der Waals surface area contributed by atoms with Crippen LogP contribution in [-0.4, -0.2) is 47.0 Å². The zero-order valence-corrected chi connectivity index (χ0v) is 21.7. The van der Waals surface area contributed by atoms with Crippen molar-refractivity contribution in [2.75, 3.05) is 13.7 Å². The summed E-state index contributed by atoms with van der Waals surface area (Å²) in [6, 6.07) is 21.4. The van der Waals surface area contributed by atoms with Crippen molar-refractivity contribution in [3.63, 3.8) is 0 Å². The van der Waals surface area contributed by atoms with Gasteiger partial charge in [-0.1, -0.05) is 65.0 Å². The van der Waals surface area contributed by atoms with E-state index >= 15 is 0 Å². The number of fused-ring (bicyclic) bond motifs is 1. The van der Waals surface area contributed by atoms with Crippen molar-refractivity contribution in [2.24, 2.45) is 5.16 Å². The lowest BCUT2D eigenvalue weighted by molar-refractivity contribution is -0.141. The van der Waals surface area contributed by atoms with Crippen LogP contribution in [0.15, 0.2) is 82.7 Å². The first kappa shape index (κ1) is 26.6. The number of aliphatic carboxylic acids is 1. The van der Waals surface area contributed by atoms with Crippen LogP contribution < -0.4 is 14.9 Å². The van der Waals surface area contributed by atoms with Crippen LogP contribution in [0, 0.1) is 0 Å². The summed E-state index contributed by atoms with van der Waals surface area (Å²) in [7, 11) is 1.50. The molecule has 1 amide bonds. The minimum atomic E-state index is -1.09. The van der Waals surface area contributed by atoms with Crippen LogP contribution in [0.25, 0.3) is 10.2 Å². The summed E-state index contributed by atoms with van der Waals surface area (Å²) in [5.74, 6) is -0.897. The van der Waals surface area contributed by atoms with Gasteiger partial charge in [-0.3, -0.25) is 14.2 Å². The maximum atomic E-state index is 12.7. The van der Waals surface area contributed by atoms with Crippen LogP contribution in [0.4, 0.5) is 0 Å². The third kappa shape index (κ3) is 6.46. The highest BCUT2D eigenvalue weighted by Gasteiger charge is 2.19. The summed E-state index contributed by atoms with van der Waals surface area (Å²) in [6.07, 6.45) is 0.161. The van der Waals surface area contributed by atoms with E-state index in [0.29, 0.717) is 18.0 Å². The monoisotopic (exact) mass is 533 g/mol. The molecule has 1 atom stereocenters. The average molecular weight is 534 g/mol. The van der Waals surface area contributed by atoms with E-state index in [9.17, 15) is 19.5 Å². The maximum Gasteiger partial charge on any atom is 0.326 e. The standard InChI is InChI=1S/C28H27N3O6S/c1-18(32)29-23(27(33)34)16-19-8-11-22(12-9-19)37-15-14-31-24-13-10-21(17-25(24)38-28(31)35)26(30-36-2)20-6-4-3-5-7-20/h3-13,17,23H,14-16H2,1-2H3,(H,29,32)(H,33,34). The molecule has 1 unspecified atom stereocenters. The predicted molar refractivity (Wildman–Crippen MR) is 146 cm³/mol. The summed E-state index contributed by atoms with van der Waals surface area (Å²) < 4.78 is 8.35. The number of hydrogen-bond donors (Lipinski definition) is 2. The number of carboxylic acid groups (broad SMARTS) is 1. The highest BCUT2D eigenvalue weighted by molar-refractivity contribution is 7.16. The fraction of sp³-hybridized carbons (Fsp3) is 0.214. The quantitative estimate of drug-likeness (QED) is 0.224. The first-order valence-corrected chi connectivity index (χ1v) is 12.7. The Morgan fingerprint density at radius 2 is 1.79 bits per heavy atom. The van der Waals surface area contributed by atoms with Crippen molar-refractivity contribution < 1.29 is 24.3 Å². The highest BCUT2D eigenvalue weighted by atomic mass is 32.1. The first-order valence-electron chi connectivity index (χ1n) is 11.9. The Morgan fingerprint density at radius 3 is 2.45 bits per heavy atom. The molecule has 0 aliphatic rings. The molecule has 0 fully saturated rings. The molecule has 0 bridgehead atoms. The topological polar surface area (TPSA) is 119 Å². The van der Waals surface area contributed by atoms with Gasteiger partial charge in [0.05, 0.1) is 16.8 Å². The van der Waals surface area contributed by atoms with Gasteiger partial charge in [-0.25, -0.2) is 4.79 Å². The molecule has 1 aromatic heterocycles. The SMILES string of the molecule is CON=C(c1ccccc1)c1ccc2c(c1)sc(=O)n2CCOc1ccc(CC(NC(C)=O)C(=O)O)cc1. The van der Waals surface area contributed by atoms with E-state index in [0.717, 1.165) is 38.2 Å². The van der Waals surface area contributed by atoms with Gasteiger partial charge in [0.2, 0.25) is 5.91 Å². The van der Waals surface area contributed by atoms with Crippen LogP contribution >= 0.6 is 11.3 Å². The van der Waals surface area contributed by atoms with Crippen molar-refractivity contribution in [1.82, 2.24) is 9.88 Å². The van der Waals surface area contributed by atoms with E-state index < -0.39 is 17.9 Å². The molecule has 0 radical (unpaired) electrons. The van der Waals surface area contributed by atoms with Crippen LogP contribution in [0.1, 0.15) is 23.6 Å². The number of aromatic nitrogens is 1. The molecule has 0 saturated heterocycles. The van der Waals surface area contributed by atoms with Gasteiger partial charge in [-0.05, 0) is 29.8 Å². The molecular formula is C28H27N3O6S. The summed E-state index contributed by atoms with van der Waals surface area (Å²) >= 11 is 1.16. The van der Waals surface area contributed by atoms with Crippen LogP contribution in [0.2, 0.25) is 0 Å². The normalized spacial score (nSPS) is 12.2. The summed E-state index contributed by atoms with van der Waals surface area (Å²) in [5, 5.41) is 15.9. The third-order valence-corrected chi connectivity index (χ3v) is 6.74. The van der Waals surface area contributed by atoms with E-state index in [1.807, 2.05) is 48.5 Å². The lowest BCUT2D eigenvalue weighted by Crippen LogP contribution is -2.41. The largest absolute Gasteiger partial charge is 0.492 e. The Labute approximate surface area is 222 Å². The molecule has 196 valence electrons. The lowest BCUT2D eigenvalue weighted by Gasteiger charge is -2.13. The molecule has 0 aliphatic heterocycles. The molecule has 2 N–H and O–H groups in total. The minimum Gasteiger partial charge on any atom is -0.492 e. The molecule has 0 saturated carbocycles. The Hall–Kier alpha value is -4.44. The summed E-state index contributed by atoms with van der Waals surface area (Å²) in [6.45, 7) is 1.92. The number of ether oxygens (including phenoxy) is 1. The van der Waals surface area contributed by atoms with E-state index in [1.54, 1.807) is 28.8 Å². The number of oxime groups is 1. The smallest absolute Gasteiger partial charge is 0.326 e. The number of nitrogens with zero attached hydrogens (tertiary/aromatic N) is 2. The Kier molecular flexibility index (Phi) is 8.55. The predicted octanol–water partition coefficient (Wildman–Crippen LogP) is 3.67. The molecule has 1 heterocycles. The van der Waals surface area contributed by atoms with Gasteiger partial charge in [0, 0.05) is 24.5 Å². The Morgan fingerprint density at radius 1 is 1.05 bits per heavy atom. The van der Waals surface area contributed by atoms with Crippen molar-refractivity contribution in [2.45, 2.75) is 25.9 Å². The molecule has 4 aromatic rings. The molecule has 3 aromatic carbocycles. The van der Waals surface area contributed by atoms with Gasteiger partial charge in [0.1, 0.15) is 31.2 Å². The van der Waals surface area contributed by atoms with Crippen LogP contribution in [0.5, 0.6) is 5.75 Å². The minimum absolute atomic E-state index is 0.0845. The number of carbonyl (C=O) groups excluding carboxylic acids is 1. The second kappa shape index (κ2) is 12.2. The van der Waals surface area contributed by atoms with Crippen molar-refractivity contribution in [3.8, 4) is 5.75 Å². The second-order valence-electron chi connectivity index (χ2n) is 8.48. The summed E-state index contributed by atoms with van der Waals surface area (Å²) in [5.41, 5.74) is 4.00. The number of nitrogens with one attached hydrogen (secondary N) is 1. The molecule has 0 spiro atoms. The van der Waals surface area contributed by atoms with Crippen molar-refractivity contribution >= 4 is 39.1 Å². The number of carboxylic acids is 1. The number of thiazole rings is 1. The van der Waals surface area contributed by atoms with Crippen molar-refractivity contribution in [3.05, 3.63) is 99.2 Å². The number of rotatable bonds is 11. The third-order valence-electron chi connectivity index (χ3n) is 5.79. The lowest BCUT2D eigenvalue weighted by atomic mass is 10.0. The Bertz CT molecular complexity index is 1510. The zero-order chi connectivity index (χ0) is 27.1. The van der Waals surface area contributed by atoms with Crippen LogP contribution in [0.3, 0.4) is 0 Å². The number of amides is 1. The van der Waals surface area contributed by atoms with E-state index in [4.69, 9.17) is 9.57 Å². The van der Waals surface area contributed by atoms with Crippen LogP contribution in [-0.2, 0) is 27.4 Å². The van der Waals surface area contributed by atoms with Gasteiger partial charge in [0.15, 0.2) is 0 Å². The highest BCUT2D eigenvalue weighted by Crippen LogP contribution is 2.22. The van der Waals surface area contributed by atoms with Gasteiger partial charge in [0.25, 0.3) is 0 Å². The maximum absolute atomic E-state index is 12.7. The number of benzene rings is 3. The number of carbonyl (C=O) groups is 2. The average Bonchev–Trinajstić information content (AvgIpc) is 3.22. The first-order chi connectivity index (χ1) is 18.4. The zero-order valence-electron chi connectivity index (χ0n) is 20.9. The fourth-order valence-electron chi connectivity index (χ4n) is 4.04. The molecular weight excluding hydrogens is 506 g/mol. The molecule has 4 rings (SSSR count). The van der Waals surface area contributed by atoms with Crippen molar-refractivity contribution in [1.29, 1.82) is 0 Å². The number of hydrogen-bond acceptors (Lipinski definition) is 7. The van der Waals surface area contributed by atoms with E-state index in [2.05, 4.69) is 10.5 Å². The Balaban J connectivity index is 1.43. The molecule has 10 heteroatoms. The molecule has 38 heavy (non-hydrogen) atoms. The van der Waals surface area contributed by atoms with E-state index in [-0.39, 0.29) is 17.9 Å². The second-order valence-corrected chi connectivity index (χ2v) is 9.47. The van der Waals surface area contributed by atoms with Gasteiger partial charge < -0.3 is 20.0 Å². The summed E-state index contributed by atoms with van der Waals surface area (Å²) in [4.78, 5) is 40.3.